The van der Waals surface area contributed by atoms with E-state index >= 15 is 0 Å². The van der Waals surface area contributed by atoms with Crippen LogP contribution in [0, 0.1) is 11.8 Å². The van der Waals surface area contributed by atoms with Gasteiger partial charge in [0.15, 0.2) is 0 Å². The smallest absolute Gasteiger partial charge is 0.305 e. The molecular formula is C13H21NO3. The largest absolute Gasteiger partial charge is 0.469 e. The van der Waals surface area contributed by atoms with Crippen molar-refractivity contribution in [3.05, 3.63) is 12.2 Å². The zero-order valence-electron chi connectivity index (χ0n) is 10.6. The maximum Gasteiger partial charge on any atom is 0.305 e. The van der Waals surface area contributed by atoms with E-state index in [1.165, 1.54) is 7.11 Å². The van der Waals surface area contributed by atoms with Crippen molar-refractivity contribution in [2.24, 2.45) is 17.0 Å². The summed E-state index contributed by atoms with van der Waals surface area (Å²) in [6.45, 7) is 2.08. The Morgan fingerprint density at radius 2 is 2.35 bits per heavy atom. The van der Waals surface area contributed by atoms with Crippen LogP contribution in [0.5, 0.6) is 0 Å². The number of carbonyl (C=O) groups is 1. The first-order valence-electron chi connectivity index (χ1n) is 6.15. The molecule has 0 heterocycles. The summed E-state index contributed by atoms with van der Waals surface area (Å²) >= 11 is 0. The fourth-order valence-corrected chi connectivity index (χ4v) is 2.40. The SMILES string of the molecule is CC/C=C\CC1C(=NO)CCC1CC(=O)OC. The van der Waals surface area contributed by atoms with Crippen molar-refractivity contribution in [1.29, 1.82) is 0 Å². The van der Waals surface area contributed by atoms with Gasteiger partial charge in [-0.25, -0.2) is 0 Å². The Morgan fingerprint density at radius 1 is 1.59 bits per heavy atom. The number of nitrogens with zero attached hydrogens (tertiary/aromatic N) is 1. The van der Waals surface area contributed by atoms with Gasteiger partial charge in [-0.2, -0.15) is 0 Å². The molecule has 1 aliphatic rings. The van der Waals surface area contributed by atoms with E-state index in [4.69, 9.17) is 9.94 Å². The van der Waals surface area contributed by atoms with Crippen LogP contribution in [0.1, 0.15) is 39.0 Å². The van der Waals surface area contributed by atoms with E-state index in [9.17, 15) is 4.79 Å². The molecule has 0 aromatic carbocycles. The summed E-state index contributed by atoms with van der Waals surface area (Å²) in [6, 6.07) is 0. The number of hydrogen-bond acceptors (Lipinski definition) is 4. The number of carbonyl (C=O) groups excluding carboxylic acids is 1. The number of esters is 1. The van der Waals surface area contributed by atoms with Crippen molar-refractivity contribution >= 4 is 11.7 Å². The van der Waals surface area contributed by atoms with E-state index in [0.29, 0.717) is 6.42 Å². The lowest BCUT2D eigenvalue weighted by Gasteiger charge is -2.16. The van der Waals surface area contributed by atoms with Crippen LogP contribution in [-0.2, 0) is 9.53 Å². The molecule has 96 valence electrons. The van der Waals surface area contributed by atoms with Crippen molar-refractivity contribution in [2.75, 3.05) is 7.11 Å². The standard InChI is InChI=1S/C13H21NO3/c1-3-4-5-6-11-10(9-13(15)17-2)7-8-12(11)14-16/h4-5,10-11,16H,3,6-9H2,1-2H3/b5-4-,14-12?. The summed E-state index contributed by atoms with van der Waals surface area (Å²) < 4.78 is 4.70. The van der Waals surface area contributed by atoms with Gasteiger partial charge in [0, 0.05) is 12.3 Å². The van der Waals surface area contributed by atoms with E-state index in [2.05, 4.69) is 24.2 Å². The van der Waals surface area contributed by atoms with Gasteiger partial charge in [0.1, 0.15) is 0 Å². The maximum atomic E-state index is 11.3. The molecule has 1 N–H and O–H groups in total. The van der Waals surface area contributed by atoms with Gasteiger partial charge < -0.3 is 9.94 Å². The van der Waals surface area contributed by atoms with Gasteiger partial charge in [-0.3, -0.25) is 4.79 Å². The van der Waals surface area contributed by atoms with E-state index in [0.717, 1.165) is 31.4 Å². The van der Waals surface area contributed by atoms with Crippen LogP contribution in [0.3, 0.4) is 0 Å². The van der Waals surface area contributed by atoms with Gasteiger partial charge in [-0.1, -0.05) is 24.2 Å². The number of hydrogen-bond donors (Lipinski definition) is 1. The van der Waals surface area contributed by atoms with Crippen molar-refractivity contribution in [1.82, 2.24) is 0 Å². The van der Waals surface area contributed by atoms with Crippen LogP contribution < -0.4 is 0 Å². The molecule has 2 unspecified atom stereocenters. The topological polar surface area (TPSA) is 58.9 Å². The Kier molecular flexibility index (Phi) is 5.73. The van der Waals surface area contributed by atoms with Crippen molar-refractivity contribution in [2.45, 2.75) is 39.0 Å². The maximum absolute atomic E-state index is 11.3. The summed E-state index contributed by atoms with van der Waals surface area (Å²) in [4.78, 5) is 11.3. The second-order valence-corrected chi connectivity index (χ2v) is 4.39. The highest BCUT2D eigenvalue weighted by Crippen LogP contribution is 2.35. The van der Waals surface area contributed by atoms with Crippen LogP contribution in [0.4, 0.5) is 0 Å². The number of methoxy groups -OCH3 is 1. The molecule has 1 aliphatic carbocycles. The van der Waals surface area contributed by atoms with Gasteiger partial charge in [0.25, 0.3) is 0 Å². The van der Waals surface area contributed by atoms with E-state index < -0.39 is 0 Å². The van der Waals surface area contributed by atoms with E-state index in [1.807, 2.05) is 0 Å². The summed E-state index contributed by atoms with van der Waals surface area (Å²) in [5.41, 5.74) is 0.819. The van der Waals surface area contributed by atoms with Crippen LogP contribution in [-0.4, -0.2) is 24.0 Å². The number of ether oxygens (including phenoxy) is 1. The van der Waals surface area contributed by atoms with Crippen molar-refractivity contribution < 1.29 is 14.7 Å². The van der Waals surface area contributed by atoms with Gasteiger partial charge in [-0.05, 0) is 31.6 Å². The predicted octanol–water partition coefficient (Wildman–Crippen LogP) is 2.76. The van der Waals surface area contributed by atoms with E-state index in [1.54, 1.807) is 0 Å². The van der Waals surface area contributed by atoms with Crippen LogP contribution in [0.15, 0.2) is 17.3 Å². The first-order chi connectivity index (χ1) is 8.22. The summed E-state index contributed by atoms with van der Waals surface area (Å²) in [5.74, 6) is 0.246. The minimum Gasteiger partial charge on any atom is -0.469 e. The monoisotopic (exact) mass is 239 g/mol. The number of rotatable bonds is 5. The van der Waals surface area contributed by atoms with Crippen LogP contribution in [0.25, 0.3) is 0 Å². The lowest BCUT2D eigenvalue weighted by Crippen LogP contribution is -2.18. The molecule has 1 fully saturated rings. The molecule has 0 aromatic rings. The Morgan fingerprint density at radius 3 is 2.94 bits per heavy atom. The van der Waals surface area contributed by atoms with Gasteiger partial charge >= 0.3 is 5.97 Å². The number of oxime groups is 1. The van der Waals surface area contributed by atoms with Gasteiger partial charge in [-0.15, -0.1) is 0 Å². The second kappa shape index (κ2) is 7.09. The summed E-state index contributed by atoms with van der Waals surface area (Å²) in [6.07, 6.45) is 8.14. The molecule has 0 amide bonds. The van der Waals surface area contributed by atoms with Crippen molar-refractivity contribution in [3.8, 4) is 0 Å². The molecule has 0 saturated heterocycles. The Balaban J connectivity index is 2.62. The molecule has 1 rings (SSSR count). The lowest BCUT2D eigenvalue weighted by atomic mass is 9.89. The average Bonchev–Trinajstić information content (AvgIpc) is 2.72. The molecule has 0 aromatic heterocycles. The second-order valence-electron chi connectivity index (χ2n) is 4.39. The quantitative estimate of drug-likeness (QED) is 0.347. The van der Waals surface area contributed by atoms with E-state index in [-0.39, 0.29) is 17.8 Å². The Bertz CT molecular complexity index is 310. The summed E-state index contributed by atoms with van der Waals surface area (Å²) in [5, 5.41) is 12.3. The highest BCUT2D eigenvalue weighted by molar-refractivity contribution is 5.89. The molecule has 1 saturated carbocycles. The molecule has 17 heavy (non-hydrogen) atoms. The van der Waals surface area contributed by atoms with Gasteiger partial charge in [0.05, 0.1) is 12.8 Å². The predicted molar refractivity (Wildman–Crippen MR) is 66.1 cm³/mol. The third-order valence-electron chi connectivity index (χ3n) is 3.35. The molecule has 0 radical (unpaired) electrons. The highest BCUT2D eigenvalue weighted by atomic mass is 16.5. The molecule has 0 spiro atoms. The molecule has 0 aliphatic heterocycles. The molecule has 0 bridgehead atoms. The first-order valence-corrected chi connectivity index (χ1v) is 6.15. The molecule has 4 nitrogen and oxygen atoms in total. The normalized spacial score (nSPS) is 26.8. The van der Waals surface area contributed by atoms with Gasteiger partial charge in [0.2, 0.25) is 0 Å². The number of allylic oxidation sites excluding steroid dienone is 2. The zero-order valence-corrected chi connectivity index (χ0v) is 10.6. The Labute approximate surface area is 102 Å². The van der Waals surface area contributed by atoms with Crippen LogP contribution in [0.2, 0.25) is 0 Å². The third kappa shape index (κ3) is 3.88. The minimum absolute atomic E-state index is 0.182. The fourth-order valence-electron chi connectivity index (χ4n) is 2.40. The Hall–Kier alpha value is -1.32. The molecular weight excluding hydrogens is 218 g/mol. The minimum atomic E-state index is -0.182. The molecule has 2 atom stereocenters. The molecule has 4 heteroatoms. The zero-order chi connectivity index (χ0) is 12.7. The highest BCUT2D eigenvalue weighted by Gasteiger charge is 2.34. The fraction of sp³-hybridized carbons (Fsp3) is 0.692. The first kappa shape index (κ1) is 13.7. The van der Waals surface area contributed by atoms with Crippen molar-refractivity contribution in [3.63, 3.8) is 0 Å². The third-order valence-corrected chi connectivity index (χ3v) is 3.35. The lowest BCUT2D eigenvalue weighted by molar-refractivity contribution is -0.141. The van der Waals surface area contributed by atoms with Crippen LogP contribution >= 0.6 is 0 Å². The summed E-state index contributed by atoms with van der Waals surface area (Å²) in [7, 11) is 1.41. The average molecular weight is 239 g/mol.